The van der Waals surface area contributed by atoms with Gasteiger partial charge in [-0.25, -0.2) is 14.6 Å². The lowest BCUT2D eigenvalue weighted by atomic mass is 10.2. The minimum Gasteiger partial charge on any atom is -0.352 e. The third kappa shape index (κ3) is 3.97. The van der Waals surface area contributed by atoms with Gasteiger partial charge in [0.15, 0.2) is 0 Å². The van der Waals surface area contributed by atoms with E-state index in [2.05, 4.69) is 24.9 Å². The molecule has 1 aliphatic heterocycles. The molecule has 0 bridgehead atoms. The van der Waals surface area contributed by atoms with Gasteiger partial charge in [-0.2, -0.15) is 5.10 Å². The fraction of sp³-hybridized carbons (Fsp3) is 0.300. The van der Waals surface area contributed by atoms with Gasteiger partial charge in [0.05, 0.1) is 6.54 Å². The predicted octanol–water partition coefficient (Wildman–Crippen LogP) is 1.72. The number of anilines is 2. The molecule has 7 nitrogen and oxygen atoms in total. The fourth-order valence-corrected chi connectivity index (χ4v) is 3.20. The molecule has 3 aromatic rings. The molecule has 2 aromatic heterocycles. The fourth-order valence-electron chi connectivity index (χ4n) is 3.20. The Morgan fingerprint density at radius 3 is 2.41 bits per heavy atom. The van der Waals surface area contributed by atoms with Crippen LogP contribution in [0.2, 0.25) is 0 Å². The Labute approximate surface area is 157 Å². The Morgan fingerprint density at radius 2 is 1.67 bits per heavy atom. The highest BCUT2D eigenvalue weighted by Gasteiger charge is 2.20. The number of hydrogen-bond acceptors (Lipinski definition) is 6. The topological polar surface area (TPSA) is 67.2 Å². The molecule has 0 spiro atoms. The first-order valence-corrected chi connectivity index (χ1v) is 9.11. The Kier molecular flexibility index (Phi) is 4.82. The highest BCUT2D eigenvalue weighted by atomic mass is 16.1. The maximum Gasteiger partial charge on any atom is 0.267 e. The highest BCUT2D eigenvalue weighted by molar-refractivity contribution is 5.41. The Balaban J connectivity index is 1.47. The molecule has 1 aromatic carbocycles. The van der Waals surface area contributed by atoms with Gasteiger partial charge in [-0.05, 0) is 24.6 Å². The van der Waals surface area contributed by atoms with Crippen molar-refractivity contribution in [2.24, 2.45) is 0 Å². The van der Waals surface area contributed by atoms with Gasteiger partial charge in [-0.15, -0.1) is 0 Å². The van der Waals surface area contributed by atoms with E-state index >= 15 is 0 Å². The van der Waals surface area contributed by atoms with Crippen LogP contribution in [0.1, 0.15) is 11.3 Å². The molecule has 138 valence electrons. The molecule has 0 amide bonds. The molecule has 4 rings (SSSR count). The second kappa shape index (κ2) is 7.57. The van der Waals surface area contributed by atoms with Crippen LogP contribution in [0.4, 0.5) is 11.8 Å². The third-order valence-electron chi connectivity index (χ3n) is 4.70. The number of rotatable bonds is 4. The number of nitrogens with zero attached hydrogens (tertiary/aromatic N) is 6. The summed E-state index contributed by atoms with van der Waals surface area (Å²) in [6, 6.07) is 15.2. The molecule has 1 aliphatic rings. The number of piperazine rings is 1. The first kappa shape index (κ1) is 17.2. The van der Waals surface area contributed by atoms with Crippen LogP contribution in [-0.4, -0.2) is 45.9 Å². The van der Waals surface area contributed by atoms with Crippen LogP contribution in [0.15, 0.2) is 59.5 Å². The first-order chi connectivity index (χ1) is 13.2. The summed E-state index contributed by atoms with van der Waals surface area (Å²) in [7, 11) is 0. The van der Waals surface area contributed by atoms with E-state index in [-0.39, 0.29) is 5.56 Å². The van der Waals surface area contributed by atoms with Gasteiger partial charge >= 0.3 is 0 Å². The van der Waals surface area contributed by atoms with E-state index in [4.69, 9.17) is 0 Å². The monoisotopic (exact) mass is 362 g/mol. The Bertz CT molecular complexity index is 963. The summed E-state index contributed by atoms with van der Waals surface area (Å²) < 4.78 is 1.53. The molecular formula is C20H22N6O. The smallest absolute Gasteiger partial charge is 0.267 e. The molecule has 0 radical (unpaired) electrons. The highest BCUT2D eigenvalue weighted by Crippen LogP contribution is 2.15. The zero-order valence-corrected chi connectivity index (χ0v) is 15.3. The summed E-state index contributed by atoms with van der Waals surface area (Å²) in [5.41, 5.74) is 1.94. The third-order valence-corrected chi connectivity index (χ3v) is 4.70. The average molecular weight is 362 g/mol. The van der Waals surface area contributed by atoms with Crippen LogP contribution >= 0.6 is 0 Å². The van der Waals surface area contributed by atoms with E-state index in [0.29, 0.717) is 6.54 Å². The maximum atomic E-state index is 12.2. The van der Waals surface area contributed by atoms with Gasteiger partial charge in [0, 0.05) is 44.1 Å². The second-order valence-electron chi connectivity index (χ2n) is 6.65. The quantitative estimate of drug-likeness (QED) is 0.704. The molecule has 0 N–H and O–H groups in total. The minimum atomic E-state index is -0.0885. The SMILES string of the molecule is Cc1ccnc(N2CCN(c3ccc(=O)n(Cc4ccccc4)n3)CC2)n1. The van der Waals surface area contributed by atoms with E-state index in [1.54, 1.807) is 12.3 Å². The van der Waals surface area contributed by atoms with Crippen molar-refractivity contribution in [2.75, 3.05) is 36.0 Å². The van der Waals surface area contributed by atoms with Gasteiger partial charge < -0.3 is 9.80 Å². The van der Waals surface area contributed by atoms with Gasteiger partial charge in [0.1, 0.15) is 5.82 Å². The summed E-state index contributed by atoms with van der Waals surface area (Å²) in [4.78, 5) is 25.4. The summed E-state index contributed by atoms with van der Waals surface area (Å²) in [6.45, 7) is 5.72. The van der Waals surface area contributed by atoms with E-state index < -0.39 is 0 Å². The van der Waals surface area contributed by atoms with Crippen molar-refractivity contribution in [3.8, 4) is 0 Å². The molecular weight excluding hydrogens is 340 g/mol. The summed E-state index contributed by atoms with van der Waals surface area (Å²) in [5.74, 6) is 1.60. The van der Waals surface area contributed by atoms with Gasteiger partial charge in [-0.1, -0.05) is 30.3 Å². The van der Waals surface area contributed by atoms with Crippen molar-refractivity contribution in [1.82, 2.24) is 19.7 Å². The first-order valence-electron chi connectivity index (χ1n) is 9.11. The summed E-state index contributed by atoms with van der Waals surface area (Å²) in [6.07, 6.45) is 1.80. The van der Waals surface area contributed by atoms with Crippen LogP contribution in [-0.2, 0) is 6.54 Å². The van der Waals surface area contributed by atoms with Crippen LogP contribution in [0.5, 0.6) is 0 Å². The molecule has 0 unspecified atom stereocenters. The number of aromatic nitrogens is 4. The molecule has 27 heavy (non-hydrogen) atoms. The summed E-state index contributed by atoms with van der Waals surface area (Å²) in [5, 5.41) is 4.58. The van der Waals surface area contributed by atoms with Crippen molar-refractivity contribution >= 4 is 11.8 Å². The van der Waals surface area contributed by atoms with Gasteiger partial charge in [0.2, 0.25) is 5.95 Å². The van der Waals surface area contributed by atoms with Crippen molar-refractivity contribution in [3.63, 3.8) is 0 Å². The molecule has 1 saturated heterocycles. The maximum absolute atomic E-state index is 12.2. The predicted molar refractivity (Wildman–Crippen MR) is 105 cm³/mol. The van der Waals surface area contributed by atoms with Gasteiger partial charge in [0.25, 0.3) is 5.56 Å². The van der Waals surface area contributed by atoms with Crippen molar-refractivity contribution in [2.45, 2.75) is 13.5 Å². The van der Waals surface area contributed by atoms with Crippen molar-refractivity contribution in [3.05, 3.63) is 76.3 Å². The van der Waals surface area contributed by atoms with Gasteiger partial charge in [-0.3, -0.25) is 4.79 Å². The van der Waals surface area contributed by atoms with Crippen LogP contribution < -0.4 is 15.4 Å². The van der Waals surface area contributed by atoms with E-state index in [1.165, 1.54) is 4.68 Å². The second-order valence-corrected chi connectivity index (χ2v) is 6.65. The summed E-state index contributed by atoms with van der Waals surface area (Å²) >= 11 is 0. The molecule has 0 saturated carbocycles. The van der Waals surface area contributed by atoms with E-state index in [9.17, 15) is 4.79 Å². The molecule has 0 atom stereocenters. The zero-order chi connectivity index (χ0) is 18.6. The van der Waals surface area contributed by atoms with Crippen LogP contribution in [0.3, 0.4) is 0 Å². The molecule has 1 fully saturated rings. The van der Waals surface area contributed by atoms with Crippen molar-refractivity contribution < 1.29 is 0 Å². The average Bonchev–Trinajstić information content (AvgIpc) is 2.71. The lowest BCUT2D eigenvalue weighted by Gasteiger charge is -2.35. The number of benzene rings is 1. The lowest BCUT2D eigenvalue weighted by molar-refractivity contribution is 0.596. The normalized spacial score (nSPS) is 14.4. The van der Waals surface area contributed by atoms with Crippen molar-refractivity contribution in [1.29, 1.82) is 0 Å². The Hall–Kier alpha value is -3.22. The lowest BCUT2D eigenvalue weighted by Crippen LogP contribution is -2.47. The minimum absolute atomic E-state index is 0.0885. The largest absolute Gasteiger partial charge is 0.352 e. The molecule has 3 heterocycles. The molecule has 7 heteroatoms. The van der Waals surface area contributed by atoms with E-state index in [0.717, 1.165) is 49.2 Å². The zero-order valence-electron chi connectivity index (χ0n) is 15.3. The van der Waals surface area contributed by atoms with E-state index in [1.807, 2.05) is 49.4 Å². The number of aryl methyl sites for hydroxylation is 1. The number of hydrogen-bond donors (Lipinski definition) is 0. The Morgan fingerprint density at radius 1 is 0.926 bits per heavy atom. The van der Waals surface area contributed by atoms with Crippen LogP contribution in [0, 0.1) is 6.92 Å². The van der Waals surface area contributed by atoms with Crippen LogP contribution in [0.25, 0.3) is 0 Å². The molecule has 0 aliphatic carbocycles. The standard InChI is InChI=1S/C20H22N6O/c1-16-9-10-21-20(22-16)25-13-11-24(12-14-25)18-7-8-19(27)26(23-18)15-17-5-3-2-4-6-17/h2-10H,11-15H2,1H3.